The van der Waals surface area contributed by atoms with Gasteiger partial charge in [0.2, 0.25) is 0 Å². The summed E-state index contributed by atoms with van der Waals surface area (Å²) in [5.41, 5.74) is -0.812. The summed E-state index contributed by atoms with van der Waals surface area (Å²) in [6.45, 7) is 0. The van der Waals surface area contributed by atoms with Crippen molar-refractivity contribution in [3.8, 4) is 0 Å². The summed E-state index contributed by atoms with van der Waals surface area (Å²) >= 11 is 0. The molecule has 0 aliphatic heterocycles. The molecule has 6 nitrogen and oxygen atoms in total. The van der Waals surface area contributed by atoms with E-state index in [0.29, 0.717) is 21.9 Å². The third kappa shape index (κ3) is 2.18. The number of aliphatic carboxylic acids is 1. The molecule has 0 saturated heterocycles. The molecular weight excluding hydrogens is 250 g/mol. The molecule has 1 heterocycles. The molecule has 2 aromatic rings. The van der Waals surface area contributed by atoms with Gasteiger partial charge in [-0.1, -0.05) is 30.3 Å². The Balaban J connectivity index is 2.43. The van der Waals surface area contributed by atoms with Gasteiger partial charge in [-0.15, -0.1) is 0 Å². The van der Waals surface area contributed by atoms with Crippen LogP contribution >= 0.6 is 0 Å². The monoisotopic (exact) mass is 263 g/mol. The molecule has 1 aromatic heterocycles. The van der Waals surface area contributed by atoms with Gasteiger partial charge in [0.05, 0.1) is 6.42 Å². The topological polar surface area (TPSA) is 88.1 Å². The fourth-order valence-corrected chi connectivity index (χ4v) is 2.38. The minimum Gasteiger partial charge on any atom is -0.479 e. The highest BCUT2D eigenvalue weighted by atomic mass is 28.2. The van der Waals surface area contributed by atoms with Crippen LogP contribution in [0.15, 0.2) is 36.7 Å². The van der Waals surface area contributed by atoms with E-state index >= 15 is 0 Å². The largest absolute Gasteiger partial charge is 0.479 e. The normalized spacial score (nSPS) is 14.2. The van der Waals surface area contributed by atoms with E-state index in [4.69, 9.17) is 4.43 Å². The molecule has 0 bridgehead atoms. The zero-order valence-corrected chi connectivity index (χ0v) is 11.8. The number of aromatic nitrogens is 3. The molecule has 0 radical (unpaired) electrons. The van der Waals surface area contributed by atoms with Crippen LogP contribution in [0.3, 0.4) is 0 Å². The summed E-state index contributed by atoms with van der Waals surface area (Å²) in [5.74, 6) is -0.620. The molecule has 7 heteroatoms. The lowest BCUT2D eigenvalue weighted by Gasteiger charge is -2.28. The molecule has 0 saturated carbocycles. The van der Waals surface area contributed by atoms with Crippen LogP contribution in [0.25, 0.3) is 0 Å². The van der Waals surface area contributed by atoms with Crippen molar-refractivity contribution in [1.29, 1.82) is 0 Å². The highest BCUT2D eigenvalue weighted by molar-refractivity contribution is 6.00. The molecule has 1 atom stereocenters. The van der Waals surface area contributed by atoms with Gasteiger partial charge in [0.1, 0.15) is 16.8 Å². The summed E-state index contributed by atoms with van der Waals surface area (Å²) in [6, 6.07) is 8.87. The van der Waals surface area contributed by atoms with Crippen molar-refractivity contribution in [3.63, 3.8) is 0 Å². The van der Waals surface area contributed by atoms with Gasteiger partial charge in [-0.2, -0.15) is 5.10 Å². The number of H-pyrrole nitrogens is 1. The van der Waals surface area contributed by atoms with Crippen LogP contribution in [0, 0.1) is 0 Å². The van der Waals surface area contributed by atoms with Crippen molar-refractivity contribution in [1.82, 2.24) is 15.2 Å². The van der Waals surface area contributed by atoms with Crippen LogP contribution in [0.2, 0.25) is 0 Å². The molecule has 0 aliphatic rings. The maximum atomic E-state index is 11.6. The van der Waals surface area contributed by atoms with E-state index in [1.165, 1.54) is 6.33 Å². The van der Waals surface area contributed by atoms with Gasteiger partial charge in [0, 0.05) is 0 Å². The molecule has 2 rings (SSSR count). The highest BCUT2D eigenvalue weighted by Crippen LogP contribution is 2.28. The van der Waals surface area contributed by atoms with Crippen molar-refractivity contribution in [2.75, 3.05) is 0 Å². The average Bonchev–Trinajstić information content (AvgIpc) is 2.89. The van der Waals surface area contributed by atoms with Crippen molar-refractivity contribution in [3.05, 3.63) is 48.0 Å². The molecule has 0 spiro atoms. The first kappa shape index (κ1) is 12.5. The van der Waals surface area contributed by atoms with E-state index in [0.717, 1.165) is 0 Å². The minimum atomic E-state index is -1.41. The summed E-state index contributed by atoms with van der Waals surface area (Å²) in [7, 11) is 0.302. The lowest BCUT2D eigenvalue weighted by molar-refractivity contribution is -0.156. The van der Waals surface area contributed by atoms with Gasteiger partial charge in [0.15, 0.2) is 11.4 Å². The van der Waals surface area contributed by atoms with E-state index in [2.05, 4.69) is 15.2 Å². The summed E-state index contributed by atoms with van der Waals surface area (Å²) in [6.07, 6.45) is 1.51. The first-order valence-electron chi connectivity index (χ1n) is 5.38. The quantitative estimate of drug-likeness (QED) is 0.718. The van der Waals surface area contributed by atoms with Gasteiger partial charge in [0.25, 0.3) is 0 Å². The number of carbonyl (C=O) groups is 1. The summed E-state index contributed by atoms with van der Waals surface area (Å²) < 4.78 is 5.40. The summed E-state index contributed by atoms with van der Waals surface area (Å²) in [4.78, 5) is 15.6. The Bertz CT molecular complexity index is 518. The molecule has 1 unspecified atom stereocenters. The number of nitrogens with zero attached hydrogens (tertiary/aromatic N) is 2. The highest BCUT2D eigenvalue weighted by Gasteiger charge is 2.41. The Morgan fingerprint density at radius 2 is 2.17 bits per heavy atom. The maximum Gasteiger partial charge on any atom is 0.340 e. The van der Waals surface area contributed by atoms with Gasteiger partial charge in [-0.3, -0.25) is 5.10 Å². The average molecular weight is 263 g/mol. The third-order valence-corrected chi connectivity index (χ3v) is 3.50. The SMILES string of the molecule is O=C(O)C(Cc1nc[nH]n1)(O[SiH3])c1ccccc1. The second-order valence-corrected chi connectivity index (χ2v) is 4.20. The number of rotatable bonds is 5. The number of hydrogen-bond acceptors (Lipinski definition) is 4. The molecule has 0 fully saturated rings. The van der Waals surface area contributed by atoms with E-state index in [-0.39, 0.29) is 6.42 Å². The lowest BCUT2D eigenvalue weighted by atomic mass is 9.90. The van der Waals surface area contributed by atoms with Crippen molar-refractivity contribution in [2.24, 2.45) is 0 Å². The van der Waals surface area contributed by atoms with Crippen molar-refractivity contribution >= 4 is 16.5 Å². The second-order valence-electron chi connectivity index (χ2n) is 3.79. The lowest BCUT2D eigenvalue weighted by Crippen LogP contribution is -2.40. The van der Waals surface area contributed by atoms with Crippen LogP contribution in [0.5, 0.6) is 0 Å². The van der Waals surface area contributed by atoms with Crippen LogP contribution in [0.1, 0.15) is 11.4 Å². The standard InChI is InChI=1S/C11H13N3O3Si/c15-10(16)11(17-18,6-9-12-7-13-14-9)8-4-2-1-3-5-8/h1-5,7H,6H2,18H3,(H,15,16)(H,12,13,14). The number of aromatic amines is 1. The predicted octanol–water partition coefficient (Wildman–Crippen LogP) is -0.376. The fraction of sp³-hybridized carbons (Fsp3) is 0.182. The van der Waals surface area contributed by atoms with Crippen LogP contribution < -0.4 is 0 Å². The molecule has 0 aliphatic carbocycles. The van der Waals surface area contributed by atoms with Crippen LogP contribution in [0.4, 0.5) is 0 Å². The molecule has 0 amide bonds. The van der Waals surface area contributed by atoms with Gasteiger partial charge >= 0.3 is 5.97 Å². The Morgan fingerprint density at radius 1 is 1.44 bits per heavy atom. The predicted molar refractivity (Wildman–Crippen MR) is 66.9 cm³/mol. The third-order valence-electron chi connectivity index (χ3n) is 2.81. The number of carboxylic acid groups (broad SMARTS) is 1. The van der Waals surface area contributed by atoms with E-state index < -0.39 is 11.6 Å². The molecule has 2 N–H and O–H groups in total. The van der Waals surface area contributed by atoms with Crippen molar-refractivity contribution < 1.29 is 14.3 Å². The van der Waals surface area contributed by atoms with E-state index in [9.17, 15) is 9.90 Å². The Labute approximate surface area is 107 Å². The van der Waals surface area contributed by atoms with Gasteiger partial charge in [-0.05, 0) is 5.56 Å². The first-order valence-corrected chi connectivity index (χ1v) is 6.19. The Morgan fingerprint density at radius 3 is 2.67 bits per heavy atom. The summed E-state index contributed by atoms with van der Waals surface area (Å²) in [5, 5.41) is 16.0. The van der Waals surface area contributed by atoms with Crippen molar-refractivity contribution in [2.45, 2.75) is 12.0 Å². The van der Waals surface area contributed by atoms with Crippen LogP contribution in [-0.4, -0.2) is 36.7 Å². The zero-order chi connectivity index (χ0) is 13.0. The number of benzene rings is 1. The maximum absolute atomic E-state index is 11.6. The molecule has 1 aromatic carbocycles. The minimum absolute atomic E-state index is 0.0966. The molecule has 94 valence electrons. The fourth-order valence-electron chi connectivity index (χ4n) is 1.83. The molecular formula is C11H13N3O3Si. The second kappa shape index (κ2) is 5.11. The Hall–Kier alpha value is -1.99. The van der Waals surface area contributed by atoms with Crippen LogP contribution in [-0.2, 0) is 21.2 Å². The zero-order valence-electron chi connectivity index (χ0n) is 9.83. The molecule has 18 heavy (non-hydrogen) atoms. The smallest absolute Gasteiger partial charge is 0.340 e. The van der Waals surface area contributed by atoms with E-state index in [1.54, 1.807) is 24.3 Å². The van der Waals surface area contributed by atoms with E-state index in [1.807, 2.05) is 6.07 Å². The van der Waals surface area contributed by atoms with Gasteiger partial charge < -0.3 is 9.53 Å². The number of nitrogens with one attached hydrogen (secondary N) is 1. The Kier molecular flexibility index (Phi) is 3.54. The number of hydrogen-bond donors (Lipinski definition) is 2. The number of carboxylic acids is 1. The first-order chi connectivity index (χ1) is 8.69. The van der Waals surface area contributed by atoms with Gasteiger partial charge in [-0.25, -0.2) is 9.78 Å².